The molecule has 0 unspecified atom stereocenters. The number of aromatic hydroxyl groups is 3. The molecule has 0 bridgehead atoms. The summed E-state index contributed by atoms with van der Waals surface area (Å²) in [5, 5.41) is 32.4. The van der Waals surface area contributed by atoms with Gasteiger partial charge in [-0.15, -0.1) is 0 Å². The van der Waals surface area contributed by atoms with E-state index in [0.29, 0.717) is 40.5 Å². The first-order valence-electron chi connectivity index (χ1n) is 9.70. The molecule has 0 saturated carbocycles. The highest BCUT2D eigenvalue weighted by Gasteiger charge is 2.35. The van der Waals surface area contributed by atoms with E-state index in [0.717, 1.165) is 0 Å². The van der Waals surface area contributed by atoms with Gasteiger partial charge in [-0.3, -0.25) is 18.7 Å². The molecular weight excluding hydrogens is 456 g/mol. The lowest BCUT2D eigenvalue weighted by Gasteiger charge is -2.21. The number of fused-ring (bicyclic) bond motifs is 2. The first kappa shape index (κ1) is 20.8. The summed E-state index contributed by atoms with van der Waals surface area (Å²) in [5.41, 5.74) is -0.962. The topological polar surface area (TPSA) is 140 Å². The Morgan fingerprint density at radius 2 is 1.47 bits per heavy atom. The Hall–Kier alpha value is -3.12. The number of nitrogens with zero attached hydrogens (tertiary/aromatic N) is 4. The SMILES string of the molecule is COc1cc(C(c2c(O)nc3n(c2=O)CCS3)c2c(O)nc3n(c2=O)CCS3)ccc1O. The van der Waals surface area contributed by atoms with E-state index in [1.807, 2.05) is 0 Å². The summed E-state index contributed by atoms with van der Waals surface area (Å²) in [7, 11) is 1.37. The number of ether oxygens (including phenoxy) is 1. The van der Waals surface area contributed by atoms with E-state index in [2.05, 4.69) is 9.97 Å². The van der Waals surface area contributed by atoms with Crippen LogP contribution in [0.2, 0.25) is 0 Å². The second kappa shape index (κ2) is 7.78. The molecule has 5 rings (SSSR count). The molecule has 1 aromatic carbocycles. The summed E-state index contributed by atoms with van der Waals surface area (Å²) in [6.07, 6.45) is 0. The molecule has 0 aliphatic carbocycles. The zero-order chi connectivity index (χ0) is 22.6. The van der Waals surface area contributed by atoms with Crippen molar-refractivity contribution in [1.29, 1.82) is 0 Å². The fourth-order valence-electron chi connectivity index (χ4n) is 4.01. The number of methoxy groups -OCH3 is 1. The van der Waals surface area contributed by atoms with Crippen LogP contribution in [0.25, 0.3) is 0 Å². The van der Waals surface area contributed by atoms with Crippen LogP contribution in [-0.4, -0.2) is 53.0 Å². The molecule has 4 heterocycles. The molecule has 0 amide bonds. The van der Waals surface area contributed by atoms with E-state index in [9.17, 15) is 24.9 Å². The van der Waals surface area contributed by atoms with Crippen LogP contribution in [0.1, 0.15) is 22.6 Å². The van der Waals surface area contributed by atoms with Crippen LogP contribution < -0.4 is 15.9 Å². The minimum Gasteiger partial charge on any atom is -0.504 e. The Balaban J connectivity index is 1.84. The molecule has 2 aliphatic heterocycles. The van der Waals surface area contributed by atoms with Crippen molar-refractivity contribution in [2.45, 2.75) is 29.3 Å². The maximum absolute atomic E-state index is 13.4. The number of hydrogen-bond acceptors (Lipinski definition) is 10. The van der Waals surface area contributed by atoms with Crippen molar-refractivity contribution in [3.63, 3.8) is 0 Å². The lowest BCUT2D eigenvalue weighted by molar-refractivity contribution is 0.372. The highest BCUT2D eigenvalue weighted by atomic mass is 32.2. The van der Waals surface area contributed by atoms with Crippen molar-refractivity contribution in [3.8, 4) is 23.3 Å². The Bertz CT molecular complexity index is 1290. The van der Waals surface area contributed by atoms with Crippen LogP contribution in [-0.2, 0) is 13.1 Å². The lowest BCUT2D eigenvalue weighted by Crippen LogP contribution is -2.32. The fraction of sp³-hybridized carbons (Fsp3) is 0.300. The molecule has 10 nitrogen and oxygen atoms in total. The van der Waals surface area contributed by atoms with Crippen molar-refractivity contribution in [1.82, 2.24) is 19.1 Å². The van der Waals surface area contributed by atoms with E-state index in [-0.39, 0.29) is 22.6 Å². The van der Waals surface area contributed by atoms with Crippen molar-refractivity contribution >= 4 is 23.5 Å². The zero-order valence-electron chi connectivity index (χ0n) is 16.8. The van der Waals surface area contributed by atoms with Gasteiger partial charge in [0.2, 0.25) is 11.8 Å². The third-order valence-electron chi connectivity index (χ3n) is 5.50. The molecule has 3 aromatic rings. The van der Waals surface area contributed by atoms with Gasteiger partial charge in [0.1, 0.15) is 0 Å². The average molecular weight is 475 g/mol. The van der Waals surface area contributed by atoms with E-state index in [4.69, 9.17) is 4.74 Å². The standard InChI is InChI=1S/C20H18N4O6S2/c1-30-11-8-9(2-3-10(11)25)12(13-15(26)21-19-23(17(13)28)4-6-31-19)14-16(27)22-20-24(18(14)29)5-7-32-20/h2-3,8,12,25-27H,4-7H2,1H3. The van der Waals surface area contributed by atoms with Crippen molar-refractivity contribution in [2.24, 2.45) is 0 Å². The molecule has 2 aromatic heterocycles. The van der Waals surface area contributed by atoms with Gasteiger partial charge in [-0.1, -0.05) is 29.6 Å². The van der Waals surface area contributed by atoms with Crippen molar-refractivity contribution in [3.05, 3.63) is 55.6 Å². The highest BCUT2D eigenvalue weighted by Crippen LogP contribution is 2.40. The van der Waals surface area contributed by atoms with Crippen molar-refractivity contribution in [2.75, 3.05) is 18.6 Å². The Morgan fingerprint density at radius 3 is 1.97 bits per heavy atom. The minimum atomic E-state index is -1.18. The van der Waals surface area contributed by atoms with Gasteiger partial charge < -0.3 is 20.1 Å². The van der Waals surface area contributed by atoms with E-state index < -0.39 is 28.8 Å². The Labute approximate surface area is 189 Å². The second-order valence-electron chi connectivity index (χ2n) is 7.24. The van der Waals surface area contributed by atoms with Crippen LogP contribution in [0.3, 0.4) is 0 Å². The summed E-state index contributed by atoms with van der Waals surface area (Å²) in [6.45, 7) is 0.823. The molecular formula is C20H18N4O6S2. The summed E-state index contributed by atoms with van der Waals surface area (Å²) in [5.74, 6) is -0.984. The van der Waals surface area contributed by atoms with E-state index in [1.165, 1.54) is 58.0 Å². The van der Waals surface area contributed by atoms with E-state index in [1.54, 1.807) is 0 Å². The number of rotatable bonds is 4. The molecule has 0 atom stereocenters. The first-order valence-corrected chi connectivity index (χ1v) is 11.7. The summed E-state index contributed by atoms with van der Waals surface area (Å²) < 4.78 is 8.08. The Kier molecular flexibility index (Phi) is 5.05. The van der Waals surface area contributed by atoms with E-state index >= 15 is 0 Å². The van der Waals surface area contributed by atoms with Gasteiger partial charge in [0.15, 0.2) is 21.8 Å². The number of thioether (sulfide) groups is 2. The zero-order valence-corrected chi connectivity index (χ0v) is 18.4. The number of phenols is 1. The number of benzene rings is 1. The summed E-state index contributed by atoms with van der Waals surface area (Å²) >= 11 is 2.69. The smallest absolute Gasteiger partial charge is 0.262 e. The van der Waals surface area contributed by atoms with Gasteiger partial charge >= 0.3 is 0 Å². The summed E-state index contributed by atoms with van der Waals surface area (Å²) in [4.78, 5) is 35.1. The maximum Gasteiger partial charge on any atom is 0.262 e. The largest absolute Gasteiger partial charge is 0.504 e. The predicted molar refractivity (Wildman–Crippen MR) is 117 cm³/mol. The number of hydrogen-bond donors (Lipinski definition) is 3. The monoisotopic (exact) mass is 474 g/mol. The van der Waals surface area contributed by atoms with Gasteiger partial charge in [0.05, 0.1) is 24.2 Å². The average Bonchev–Trinajstić information content (AvgIpc) is 3.42. The van der Waals surface area contributed by atoms with Crippen molar-refractivity contribution < 1.29 is 20.1 Å². The van der Waals surface area contributed by atoms with Gasteiger partial charge in [-0.05, 0) is 17.7 Å². The lowest BCUT2D eigenvalue weighted by atomic mass is 9.86. The van der Waals surface area contributed by atoms with Crippen LogP contribution in [0.4, 0.5) is 0 Å². The minimum absolute atomic E-state index is 0.112. The van der Waals surface area contributed by atoms with Gasteiger partial charge in [-0.2, -0.15) is 9.97 Å². The maximum atomic E-state index is 13.4. The molecule has 0 spiro atoms. The fourth-order valence-corrected chi connectivity index (χ4v) is 5.88. The summed E-state index contributed by atoms with van der Waals surface area (Å²) in [6, 6.07) is 4.31. The Morgan fingerprint density at radius 1 is 0.938 bits per heavy atom. The molecule has 12 heteroatoms. The number of aromatic nitrogens is 4. The molecule has 32 heavy (non-hydrogen) atoms. The van der Waals surface area contributed by atoms with Crippen LogP contribution in [0.5, 0.6) is 23.3 Å². The van der Waals surface area contributed by atoms with Crippen LogP contribution >= 0.6 is 23.5 Å². The first-order chi connectivity index (χ1) is 15.4. The third-order valence-corrected chi connectivity index (χ3v) is 7.42. The predicted octanol–water partition coefficient (Wildman–Crippen LogP) is 1.32. The van der Waals surface area contributed by atoms with Gasteiger partial charge in [-0.25, -0.2) is 0 Å². The molecule has 3 N–H and O–H groups in total. The molecule has 0 fully saturated rings. The van der Waals surface area contributed by atoms with Crippen LogP contribution in [0.15, 0.2) is 38.1 Å². The highest BCUT2D eigenvalue weighted by molar-refractivity contribution is 7.99. The third kappa shape index (κ3) is 3.13. The molecule has 0 radical (unpaired) electrons. The number of phenolic OH excluding ortho intramolecular Hbond substituents is 1. The molecule has 166 valence electrons. The molecule has 2 aliphatic rings. The normalized spacial score (nSPS) is 14.6. The van der Waals surface area contributed by atoms with Gasteiger partial charge in [0, 0.05) is 24.6 Å². The quantitative estimate of drug-likeness (QED) is 0.474. The van der Waals surface area contributed by atoms with Gasteiger partial charge in [0.25, 0.3) is 11.1 Å². The second-order valence-corrected chi connectivity index (χ2v) is 9.36. The molecule has 0 saturated heterocycles. The van der Waals surface area contributed by atoms with Crippen LogP contribution in [0, 0.1) is 0 Å².